The summed E-state index contributed by atoms with van der Waals surface area (Å²) in [5, 5.41) is 3.84. The van der Waals surface area contributed by atoms with E-state index in [-0.39, 0.29) is 12.4 Å². The van der Waals surface area contributed by atoms with E-state index in [1.165, 1.54) is 7.11 Å². The Morgan fingerprint density at radius 2 is 2.14 bits per heavy atom. The van der Waals surface area contributed by atoms with Crippen molar-refractivity contribution in [2.45, 2.75) is 6.92 Å². The van der Waals surface area contributed by atoms with Crippen molar-refractivity contribution in [1.29, 1.82) is 0 Å². The van der Waals surface area contributed by atoms with E-state index in [1.807, 2.05) is 0 Å². The molecule has 0 aliphatic carbocycles. The topological polar surface area (TPSA) is 77.8 Å². The number of benzene rings is 1. The normalized spacial score (nSPS) is 10.7. The van der Waals surface area contributed by atoms with Crippen LogP contribution in [0, 0.1) is 6.92 Å². The van der Waals surface area contributed by atoms with E-state index in [0.29, 0.717) is 29.3 Å². The standard InChI is InChI=1S/C15H16ClNO5/c1-9-11-7-10(16)3-4-12(11)22-14(9)15(19)21-8-13(18)17-5-6-20-2/h3-4,7H,5-6,8H2,1-2H3,(H,17,18). The summed E-state index contributed by atoms with van der Waals surface area (Å²) in [4.78, 5) is 23.5. The molecule has 1 heterocycles. The molecule has 118 valence electrons. The van der Waals surface area contributed by atoms with Crippen molar-refractivity contribution >= 4 is 34.4 Å². The van der Waals surface area contributed by atoms with E-state index < -0.39 is 11.9 Å². The highest BCUT2D eigenvalue weighted by Crippen LogP contribution is 2.28. The summed E-state index contributed by atoms with van der Waals surface area (Å²) in [5.41, 5.74) is 1.17. The maximum atomic E-state index is 12.0. The van der Waals surface area contributed by atoms with Crippen LogP contribution in [0.5, 0.6) is 0 Å². The number of ether oxygens (including phenoxy) is 2. The Bertz CT molecular complexity index is 695. The second-order valence-corrected chi connectivity index (χ2v) is 5.05. The summed E-state index contributed by atoms with van der Waals surface area (Å²) < 4.78 is 15.2. The Morgan fingerprint density at radius 1 is 1.36 bits per heavy atom. The minimum Gasteiger partial charge on any atom is -0.450 e. The van der Waals surface area contributed by atoms with E-state index in [2.05, 4.69) is 5.32 Å². The minimum atomic E-state index is -0.688. The van der Waals surface area contributed by atoms with Crippen LogP contribution in [0.1, 0.15) is 16.1 Å². The molecule has 7 heteroatoms. The van der Waals surface area contributed by atoms with Crippen LogP contribution in [0.3, 0.4) is 0 Å². The van der Waals surface area contributed by atoms with Gasteiger partial charge in [-0.3, -0.25) is 4.79 Å². The van der Waals surface area contributed by atoms with Gasteiger partial charge in [0, 0.05) is 29.6 Å². The molecule has 0 aliphatic heterocycles. The van der Waals surface area contributed by atoms with Crippen LogP contribution in [0.2, 0.25) is 5.02 Å². The number of nitrogens with one attached hydrogen (secondary N) is 1. The van der Waals surface area contributed by atoms with Crippen LogP contribution >= 0.6 is 11.6 Å². The molecule has 0 bridgehead atoms. The molecule has 2 aromatic rings. The Balaban J connectivity index is 2.01. The maximum Gasteiger partial charge on any atom is 0.375 e. The summed E-state index contributed by atoms with van der Waals surface area (Å²) in [7, 11) is 1.53. The van der Waals surface area contributed by atoms with Crippen molar-refractivity contribution in [2.75, 3.05) is 26.9 Å². The molecule has 0 aliphatic rings. The third kappa shape index (κ3) is 3.78. The first-order valence-corrected chi connectivity index (χ1v) is 7.02. The van der Waals surface area contributed by atoms with Crippen molar-refractivity contribution in [3.8, 4) is 0 Å². The predicted octanol–water partition coefficient (Wildman–Crippen LogP) is 2.31. The Kier molecular flexibility index (Phi) is 5.41. The summed E-state index contributed by atoms with van der Waals surface area (Å²) in [5.74, 6) is -1.02. The number of furan rings is 1. The Labute approximate surface area is 132 Å². The summed E-state index contributed by atoms with van der Waals surface area (Å²) in [6.07, 6.45) is 0. The van der Waals surface area contributed by atoms with Gasteiger partial charge in [0.05, 0.1) is 6.61 Å². The first-order valence-electron chi connectivity index (χ1n) is 6.64. The quantitative estimate of drug-likeness (QED) is 0.651. The SMILES string of the molecule is COCCNC(=O)COC(=O)c1oc2ccc(Cl)cc2c1C. The Hall–Kier alpha value is -2.05. The number of halogens is 1. The second-order valence-electron chi connectivity index (χ2n) is 4.62. The first kappa shape index (κ1) is 16.3. The van der Waals surface area contributed by atoms with Gasteiger partial charge in [-0.15, -0.1) is 0 Å². The fraction of sp³-hybridized carbons (Fsp3) is 0.333. The first-order chi connectivity index (χ1) is 10.5. The predicted molar refractivity (Wildman–Crippen MR) is 81.1 cm³/mol. The van der Waals surface area contributed by atoms with Crippen LogP contribution < -0.4 is 5.32 Å². The molecule has 1 aromatic carbocycles. The number of hydrogen-bond acceptors (Lipinski definition) is 5. The van der Waals surface area contributed by atoms with Gasteiger partial charge in [-0.05, 0) is 25.1 Å². The molecular formula is C15H16ClNO5. The number of rotatable bonds is 6. The average molecular weight is 326 g/mol. The van der Waals surface area contributed by atoms with Gasteiger partial charge in [0.1, 0.15) is 5.58 Å². The molecule has 0 spiro atoms. The van der Waals surface area contributed by atoms with E-state index >= 15 is 0 Å². The molecule has 6 nitrogen and oxygen atoms in total. The zero-order valence-corrected chi connectivity index (χ0v) is 13.0. The molecule has 1 N–H and O–H groups in total. The minimum absolute atomic E-state index is 0.0713. The van der Waals surface area contributed by atoms with Gasteiger partial charge in [-0.1, -0.05) is 11.6 Å². The van der Waals surface area contributed by atoms with E-state index in [1.54, 1.807) is 25.1 Å². The Morgan fingerprint density at radius 3 is 2.86 bits per heavy atom. The van der Waals surface area contributed by atoms with Gasteiger partial charge in [0.15, 0.2) is 6.61 Å². The second kappa shape index (κ2) is 7.29. The van der Waals surface area contributed by atoms with Crippen molar-refractivity contribution in [3.05, 3.63) is 34.5 Å². The summed E-state index contributed by atoms with van der Waals surface area (Å²) in [6, 6.07) is 5.06. The van der Waals surface area contributed by atoms with Crippen molar-refractivity contribution < 1.29 is 23.5 Å². The molecule has 0 atom stereocenters. The number of esters is 1. The van der Waals surface area contributed by atoms with E-state index in [0.717, 1.165) is 5.39 Å². The lowest BCUT2D eigenvalue weighted by Crippen LogP contribution is -2.31. The van der Waals surface area contributed by atoms with Gasteiger partial charge in [-0.2, -0.15) is 0 Å². The van der Waals surface area contributed by atoms with Crippen molar-refractivity contribution in [1.82, 2.24) is 5.32 Å². The smallest absolute Gasteiger partial charge is 0.375 e. The van der Waals surface area contributed by atoms with Crippen LogP contribution in [-0.4, -0.2) is 38.7 Å². The van der Waals surface area contributed by atoms with Gasteiger partial charge in [0.25, 0.3) is 5.91 Å². The highest BCUT2D eigenvalue weighted by Gasteiger charge is 2.20. The zero-order chi connectivity index (χ0) is 16.1. The number of hydrogen-bond donors (Lipinski definition) is 1. The molecule has 1 amide bonds. The highest BCUT2D eigenvalue weighted by molar-refractivity contribution is 6.31. The molecule has 0 saturated carbocycles. The zero-order valence-electron chi connectivity index (χ0n) is 12.3. The molecule has 2 rings (SSSR count). The van der Waals surface area contributed by atoms with Gasteiger partial charge in [0.2, 0.25) is 5.76 Å². The monoisotopic (exact) mass is 325 g/mol. The van der Waals surface area contributed by atoms with Crippen LogP contribution in [0.15, 0.2) is 22.6 Å². The van der Waals surface area contributed by atoms with Crippen molar-refractivity contribution in [2.24, 2.45) is 0 Å². The van der Waals surface area contributed by atoms with Crippen LogP contribution in [0.4, 0.5) is 0 Å². The highest BCUT2D eigenvalue weighted by atomic mass is 35.5. The molecule has 1 aromatic heterocycles. The van der Waals surface area contributed by atoms with Gasteiger partial charge < -0.3 is 19.2 Å². The van der Waals surface area contributed by atoms with E-state index in [4.69, 9.17) is 25.5 Å². The van der Waals surface area contributed by atoms with Gasteiger partial charge >= 0.3 is 5.97 Å². The third-order valence-electron chi connectivity index (χ3n) is 3.05. The lowest BCUT2D eigenvalue weighted by atomic mass is 10.1. The van der Waals surface area contributed by atoms with Gasteiger partial charge in [-0.25, -0.2) is 4.79 Å². The molecule has 0 radical (unpaired) electrons. The number of carbonyl (C=O) groups excluding carboxylic acids is 2. The molecule has 0 saturated heterocycles. The maximum absolute atomic E-state index is 12.0. The number of amides is 1. The molecule has 0 unspecified atom stereocenters. The summed E-state index contributed by atoms with van der Waals surface area (Å²) >= 11 is 5.92. The largest absolute Gasteiger partial charge is 0.450 e. The fourth-order valence-electron chi connectivity index (χ4n) is 1.93. The summed E-state index contributed by atoms with van der Waals surface area (Å²) in [6.45, 7) is 2.11. The van der Waals surface area contributed by atoms with E-state index in [9.17, 15) is 9.59 Å². The lowest BCUT2D eigenvalue weighted by Gasteiger charge is -2.05. The van der Waals surface area contributed by atoms with Crippen LogP contribution in [0.25, 0.3) is 11.0 Å². The lowest BCUT2D eigenvalue weighted by molar-refractivity contribution is -0.124. The van der Waals surface area contributed by atoms with Crippen molar-refractivity contribution in [3.63, 3.8) is 0 Å². The third-order valence-corrected chi connectivity index (χ3v) is 3.28. The fourth-order valence-corrected chi connectivity index (χ4v) is 2.10. The number of carbonyl (C=O) groups is 2. The number of fused-ring (bicyclic) bond motifs is 1. The average Bonchev–Trinajstić information content (AvgIpc) is 2.82. The number of methoxy groups -OCH3 is 1. The molecule has 0 fully saturated rings. The number of aryl methyl sites for hydroxylation is 1. The van der Waals surface area contributed by atoms with Crippen LogP contribution in [-0.2, 0) is 14.3 Å². The molecular weight excluding hydrogens is 310 g/mol. The molecule has 22 heavy (non-hydrogen) atoms.